The third kappa shape index (κ3) is 4.28. The van der Waals surface area contributed by atoms with E-state index in [1.54, 1.807) is 18.2 Å². The van der Waals surface area contributed by atoms with Gasteiger partial charge in [0, 0.05) is 13.1 Å². The van der Waals surface area contributed by atoms with Gasteiger partial charge >= 0.3 is 0 Å². The first kappa shape index (κ1) is 16.4. The molecule has 6 heteroatoms. The van der Waals surface area contributed by atoms with Crippen LogP contribution in [0.4, 0.5) is 16.0 Å². The fourth-order valence-corrected chi connectivity index (χ4v) is 2.77. The van der Waals surface area contributed by atoms with Gasteiger partial charge in [-0.1, -0.05) is 19.1 Å². The van der Waals surface area contributed by atoms with Crippen molar-refractivity contribution in [3.05, 3.63) is 47.8 Å². The molecule has 1 aromatic heterocycles. The number of amides is 1. The Morgan fingerprint density at radius 2 is 1.88 bits per heavy atom. The van der Waals surface area contributed by atoms with E-state index < -0.39 is 0 Å². The number of piperidine rings is 1. The lowest BCUT2D eigenvalue weighted by atomic mass is 9.99. The Morgan fingerprint density at radius 1 is 1.17 bits per heavy atom. The zero-order valence-electron chi connectivity index (χ0n) is 13.7. The zero-order valence-corrected chi connectivity index (χ0v) is 13.7. The van der Waals surface area contributed by atoms with Crippen molar-refractivity contribution in [2.24, 2.45) is 5.92 Å². The maximum atomic E-state index is 12.9. The topological polar surface area (TPSA) is 58.1 Å². The summed E-state index contributed by atoms with van der Waals surface area (Å²) in [5.74, 6) is 1.53. The highest BCUT2D eigenvalue weighted by Crippen LogP contribution is 2.21. The minimum absolute atomic E-state index is 0.174. The minimum Gasteiger partial charge on any atom is -0.355 e. The van der Waals surface area contributed by atoms with E-state index in [-0.39, 0.29) is 18.1 Å². The van der Waals surface area contributed by atoms with Crippen LogP contribution in [0.2, 0.25) is 0 Å². The second-order valence-corrected chi connectivity index (χ2v) is 6.30. The summed E-state index contributed by atoms with van der Waals surface area (Å²) in [6, 6.07) is 9.54. The molecule has 126 valence electrons. The van der Waals surface area contributed by atoms with Crippen molar-refractivity contribution in [2.45, 2.75) is 26.2 Å². The molecule has 0 spiro atoms. The summed E-state index contributed by atoms with van der Waals surface area (Å²) >= 11 is 0. The Bertz CT molecular complexity index is 679. The molecule has 24 heavy (non-hydrogen) atoms. The van der Waals surface area contributed by atoms with Gasteiger partial charge in [0.15, 0.2) is 11.6 Å². The number of anilines is 2. The van der Waals surface area contributed by atoms with E-state index in [9.17, 15) is 9.18 Å². The third-order valence-corrected chi connectivity index (χ3v) is 4.30. The van der Waals surface area contributed by atoms with Crippen molar-refractivity contribution in [1.29, 1.82) is 0 Å². The predicted octanol–water partition coefficient (Wildman–Crippen LogP) is 3.03. The lowest BCUT2D eigenvalue weighted by Crippen LogP contribution is -2.33. The monoisotopic (exact) mass is 328 g/mol. The summed E-state index contributed by atoms with van der Waals surface area (Å²) in [5.41, 5.74) is 0.751. The van der Waals surface area contributed by atoms with Gasteiger partial charge < -0.3 is 10.2 Å². The highest BCUT2D eigenvalue weighted by Gasteiger charge is 2.17. The summed E-state index contributed by atoms with van der Waals surface area (Å²) in [5, 5.41) is 11.0. The fourth-order valence-electron chi connectivity index (χ4n) is 2.77. The molecule has 2 aromatic rings. The highest BCUT2D eigenvalue weighted by atomic mass is 19.1. The Balaban J connectivity index is 1.55. The highest BCUT2D eigenvalue weighted by molar-refractivity contribution is 5.91. The third-order valence-electron chi connectivity index (χ3n) is 4.30. The van der Waals surface area contributed by atoms with Gasteiger partial charge in [-0.15, -0.1) is 10.2 Å². The fraction of sp³-hybridized carbons (Fsp3) is 0.389. The molecule has 1 fully saturated rings. The number of aromatic nitrogens is 2. The first-order chi connectivity index (χ1) is 11.6. The van der Waals surface area contributed by atoms with Gasteiger partial charge in [0.1, 0.15) is 5.82 Å². The summed E-state index contributed by atoms with van der Waals surface area (Å²) in [6.45, 7) is 4.25. The molecular weight excluding hydrogens is 307 g/mol. The van der Waals surface area contributed by atoms with Gasteiger partial charge in [0.25, 0.3) is 0 Å². The number of hydrogen-bond acceptors (Lipinski definition) is 4. The van der Waals surface area contributed by atoms with Crippen LogP contribution in [0.5, 0.6) is 0 Å². The SMILES string of the molecule is CC1CCN(c2ccc(NC(=O)Cc3ccc(F)cc3)nn2)CC1. The van der Waals surface area contributed by atoms with Crippen LogP contribution in [-0.2, 0) is 11.2 Å². The van der Waals surface area contributed by atoms with Gasteiger partial charge in [-0.25, -0.2) is 4.39 Å². The number of nitrogens with zero attached hydrogens (tertiary/aromatic N) is 3. The van der Waals surface area contributed by atoms with Gasteiger partial charge in [0.2, 0.25) is 5.91 Å². The van der Waals surface area contributed by atoms with E-state index in [0.717, 1.165) is 43.2 Å². The Labute approximate surface area is 140 Å². The van der Waals surface area contributed by atoms with Crippen molar-refractivity contribution in [3.8, 4) is 0 Å². The summed E-state index contributed by atoms with van der Waals surface area (Å²) in [4.78, 5) is 14.2. The first-order valence-electron chi connectivity index (χ1n) is 8.23. The Hall–Kier alpha value is -2.50. The standard InChI is InChI=1S/C18H21FN4O/c1-13-8-10-23(11-9-13)17-7-6-16(21-22-17)20-18(24)12-14-2-4-15(19)5-3-14/h2-7,13H,8-12H2,1H3,(H,20,21,24). The molecule has 1 aliphatic rings. The van der Waals surface area contributed by atoms with Gasteiger partial charge in [-0.3, -0.25) is 4.79 Å². The zero-order chi connectivity index (χ0) is 16.9. The van der Waals surface area contributed by atoms with Crippen molar-refractivity contribution < 1.29 is 9.18 Å². The number of carbonyl (C=O) groups excluding carboxylic acids is 1. The maximum Gasteiger partial charge on any atom is 0.229 e. The molecule has 1 N–H and O–H groups in total. The molecule has 1 aromatic carbocycles. The van der Waals surface area contributed by atoms with Gasteiger partial charge in [-0.05, 0) is 48.6 Å². The number of nitrogens with one attached hydrogen (secondary N) is 1. The molecule has 1 saturated heterocycles. The van der Waals surface area contributed by atoms with Crippen LogP contribution in [0.15, 0.2) is 36.4 Å². The van der Waals surface area contributed by atoms with E-state index >= 15 is 0 Å². The van der Waals surface area contributed by atoms with Crippen LogP contribution >= 0.6 is 0 Å². The number of carbonyl (C=O) groups is 1. The molecule has 1 amide bonds. The van der Waals surface area contributed by atoms with Crippen molar-refractivity contribution in [3.63, 3.8) is 0 Å². The average Bonchev–Trinajstić information content (AvgIpc) is 2.58. The van der Waals surface area contributed by atoms with Gasteiger partial charge in [0.05, 0.1) is 6.42 Å². The molecule has 0 bridgehead atoms. The number of hydrogen-bond donors (Lipinski definition) is 1. The van der Waals surface area contributed by atoms with E-state index in [1.165, 1.54) is 12.1 Å². The quantitative estimate of drug-likeness (QED) is 0.937. The van der Waals surface area contributed by atoms with Crippen LogP contribution in [0.3, 0.4) is 0 Å². The van der Waals surface area contributed by atoms with E-state index in [2.05, 4.69) is 27.3 Å². The molecule has 5 nitrogen and oxygen atoms in total. The van der Waals surface area contributed by atoms with Crippen molar-refractivity contribution in [1.82, 2.24) is 10.2 Å². The molecule has 1 aliphatic heterocycles. The molecule has 0 aliphatic carbocycles. The lowest BCUT2D eigenvalue weighted by molar-refractivity contribution is -0.115. The second-order valence-electron chi connectivity index (χ2n) is 6.30. The number of rotatable bonds is 4. The smallest absolute Gasteiger partial charge is 0.229 e. The van der Waals surface area contributed by atoms with Gasteiger partial charge in [-0.2, -0.15) is 0 Å². The molecule has 2 heterocycles. The van der Waals surface area contributed by atoms with E-state index in [4.69, 9.17) is 0 Å². The minimum atomic E-state index is -0.312. The normalized spacial score (nSPS) is 15.3. The lowest BCUT2D eigenvalue weighted by Gasteiger charge is -2.30. The molecule has 3 rings (SSSR count). The predicted molar refractivity (Wildman–Crippen MR) is 91.4 cm³/mol. The van der Waals surface area contributed by atoms with E-state index in [1.807, 2.05) is 6.07 Å². The molecule has 0 atom stereocenters. The first-order valence-corrected chi connectivity index (χ1v) is 8.23. The van der Waals surface area contributed by atoms with Crippen molar-refractivity contribution in [2.75, 3.05) is 23.3 Å². The molecule has 0 unspecified atom stereocenters. The maximum absolute atomic E-state index is 12.9. The number of benzene rings is 1. The molecular formula is C18H21FN4O. The van der Waals surface area contributed by atoms with Crippen LogP contribution in [0.1, 0.15) is 25.3 Å². The Morgan fingerprint density at radius 3 is 2.50 bits per heavy atom. The average molecular weight is 328 g/mol. The molecule has 0 radical (unpaired) electrons. The van der Waals surface area contributed by atoms with Crippen LogP contribution < -0.4 is 10.2 Å². The van der Waals surface area contributed by atoms with Crippen LogP contribution in [0, 0.1) is 11.7 Å². The summed E-state index contributed by atoms with van der Waals surface area (Å²) in [7, 11) is 0. The molecule has 0 saturated carbocycles. The van der Waals surface area contributed by atoms with Crippen LogP contribution in [-0.4, -0.2) is 29.2 Å². The van der Waals surface area contributed by atoms with E-state index in [0.29, 0.717) is 5.82 Å². The summed E-state index contributed by atoms with van der Waals surface area (Å²) < 4.78 is 12.9. The second kappa shape index (κ2) is 7.38. The van der Waals surface area contributed by atoms with Crippen molar-refractivity contribution >= 4 is 17.5 Å². The Kier molecular flexibility index (Phi) is 5.03. The number of halogens is 1. The van der Waals surface area contributed by atoms with Crippen LogP contribution in [0.25, 0.3) is 0 Å². The summed E-state index contributed by atoms with van der Waals surface area (Å²) in [6.07, 6.45) is 2.50. The largest absolute Gasteiger partial charge is 0.355 e.